The fourth-order valence-corrected chi connectivity index (χ4v) is 3.15. The molecule has 1 aromatic carbocycles. The van der Waals surface area contributed by atoms with E-state index in [4.69, 9.17) is 9.47 Å². The van der Waals surface area contributed by atoms with Crippen LogP contribution in [0.1, 0.15) is 83.1 Å². The lowest BCUT2D eigenvalue weighted by atomic mass is 10.0. The van der Waals surface area contributed by atoms with Crippen molar-refractivity contribution in [3.05, 3.63) is 23.8 Å². The van der Waals surface area contributed by atoms with Crippen molar-refractivity contribution in [1.82, 2.24) is 0 Å². The van der Waals surface area contributed by atoms with E-state index in [1.807, 2.05) is 6.07 Å². The first kappa shape index (κ1) is 18.8. The van der Waals surface area contributed by atoms with Crippen molar-refractivity contribution in [1.29, 1.82) is 0 Å². The smallest absolute Gasteiger partial charge is 0.231 e. The van der Waals surface area contributed by atoms with Gasteiger partial charge in [0.25, 0.3) is 0 Å². The molecular weight excluding hydrogens is 300 g/mol. The summed E-state index contributed by atoms with van der Waals surface area (Å²) in [7, 11) is 0. The van der Waals surface area contributed by atoms with Crippen LogP contribution >= 0.6 is 0 Å². The first-order chi connectivity index (χ1) is 11.8. The largest absolute Gasteiger partial charge is 0.454 e. The zero-order valence-corrected chi connectivity index (χ0v) is 15.1. The number of carbonyl (C=O) groups excluding carboxylic acids is 1. The Labute approximate surface area is 146 Å². The third kappa shape index (κ3) is 6.94. The fourth-order valence-electron chi connectivity index (χ4n) is 3.15. The number of benzene rings is 1. The Bertz CT molecular complexity index is 496. The lowest BCUT2D eigenvalue weighted by Gasteiger charge is -2.04. The summed E-state index contributed by atoms with van der Waals surface area (Å²) in [5.41, 5.74) is 1.26. The van der Waals surface area contributed by atoms with Crippen molar-refractivity contribution in [3.8, 4) is 11.5 Å². The van der Waals surface area contributed by atoms with Crippen LogP contribution in [0.4, 0.5) is 0 Å². The molecule has 1 aliphatic heterocycles. The molecule has 0 spiro atoms. The molecule has 0 atom stereocenters. The van der Waals surface area contributed by atoms with Gasteiger partial charge in [0.15, 0.2) is 11.5 Å². The van der Waals surface area contributed by atoms with E-state index in [1.54, 1.807) is 0 Å². The van der Waals surface area contributed by atoms with Crippen LogP contribution < -0.4 is 9.47 Å². The number of aryl methyl sites for hydroxylation is 1. The van der Waals surface area contributed by atoms with Gasteiger partial charge in [-0.1, -0.05) is 51.5 Å². The van der Waals surface area contributed by atoms with Crippen molar-refractivity contribution >= 4 is 5.78 Å². The molecule has 3 nitrogen and oxygen atoms in total. The molecule has 134 valence electrons. The number of carbonyl (C=O) groups is 1. The molecule has 24 heavy (non-hydrogen) atoms. The summed E-state index contributed by atoms with van der Waals surface area (Å²) in [6, 6.07) is 6.12. The first-order valence-electron chi connectivity index (χ1n) is 9.70. The van der Waals surface area contributed by atoms with Crippen LogP contribution in [0.5, 0.6) is 11.5 Å². The van der Waals surface area contributed by atoms with Gasteiger partial charge in [-0.2, -0.15) is 0 Å². The molecule has 0 saturated heterocycles. The van der Waals surface area contributed by atoms with Crippen LogP contribution in [0.25, 0.3) is 0 Å². The third-order valence-corrected chi connectivity index (χ3v) is 4.67. The molecule has 0 amide bonds. The van der Waals surface area contributed by atoms with Crippen LogP contribution in [0.2, 0.25) is 0 Å². The molecule has 1 heterocycles. The van der Waals surface area contributed by atoms with Gasteiger partial charge in [-0.05, 0) is 43.4 Å². The quantitative estimate of drug-likeness (QED) is 0.426. The van der Waals surface area contributed by atoms with E-state index in [9.17, 15) is 4.79 Å². The molecule has 0 radical (unpaired) electrons. The zero-order valence-electron chi connectivity index (χ0n) is 15.1. The van der Waals surface area contributed by atoms with Crippen LogP contribution in [-0.2, 0) is 11.2 Å². The van der Waals surface area contributed by atoms with Crippen LogP contribution in [0, 0.1) is 0 Å². The Kier molecular flexibility index (Phi) is 8.72. The zero-order chi connectivity index (χ0) is 17.0. The molecule has 0 fully saturated rings. The number of hydrogen-bond donors (Lipinski definition) is 0. The monoisotopic (exact) mass is 332 g/mol. The van der Waals surface area contributed by atoms with E-state index >= 15 is 0 Å². The van der Waals surface area contributed by atoms with Gasteiger partial charge in [0, 0.05) is 12.8 Å². The van der Waals surface area contributed by atoms with E-state index < -0.39 is 0 Å². The fraction of sp³-hybridized carbons (Fsp3) is 0.667. The van der Waals surface area contributed by atoms with Gasteiger partial charge in [0.1, 0.15) is 5.78 Å². The van der Waals surface area contributed by atoms with Crippen molar-refractivity contribution < 1.29 is 14.3 Å². The average molecular weight is 332 g/mol. The Morgan fingerprint density at radius 2 is 1.54 bits per heavy atom. The molecule has 1 aromatic rings. The minimum Gasteiger partial charge on any atom is -0.454 e. The second kappa shape index (κ2) is 11.1. The number of unbranched alkanes of at least 4 members (excludes halogenated alkanes) is 7. The molecule has 0 bridgehead atoms. The molecule has 0 aliphatic carbocycles. The van der Waals surface area contributed by atoms with E-state index in [1.165, 1.54) is 44.1 Å². The summed E-state index contributed by atoms with van der Waals surface area (Å²) in [6.07, 6.45) is 13.5. The normalized spacial score (nSPS) is 12.5. The summed E-state index contributed by atoms with van der Waals surface area (Å²) >= 11 is 0. The second-order valence-electron chi connectivity index (χ2n) is 6.80. The molecule has 2 rings (SSSR count). The maximum absolute atomic E-state index is 11.9. The highest BCUT2D eigenvalue weighted by Gasteiger charge is 2.12. The van der Waals surface area contributed by atoms with Crippen LogP contribution in [0.15, 0.2) is 18.2 Å². The Morgan fingerprint density at radius 1 is 0.875 bits per heavy atom. The predicted molar refractivity (Wildman–Crippen MR) is 97.7 cm³/mol. The molecule has 0 saturated carbocycles. The summed E-state index contributed by atoms with van der Waals surface area (Å²) < 4.78 is 10.7. The molecule has 0 aromatic heterocycles. The first-order valence-corrected chi connectivity index (χ1v) is 9.70. The average Bonchev–Trinajstić information content (AvgIpc) is 3.05. The van der Waals surface area contributed by atoms with E-state index in [2.05, 4.69) is 19.1 Å². The third-order valence-electron chi connectivity index (χ3n) is 4.67. The second-order valence-corrected chi connectivity index (χ2v) is 6.80. The summed E-state index contributed by atoms with van der Waals surface area (Å²) in [6.45, 7) is 2.57. The highest BCUT2D eigenvalue weighted by Crippen LogP contribution is 2.32. The molecule has 1 aliphatic rings. The van der Waals surface area contributed by atoms with E-state index in [-0.39, 0.29) is 0 Å². The minimum atomic E-state index is 0.325. The lowest BCUT2D eigenvalue weighted by molar-refractivity contribution is -0.119. The van der Waals surface area contributed by atoms with Crippen molar-refractivity contribution in [3.63, 3.8) is 0 Å². The number of fused-ring (bicyclic) bond motifs is 1. The number of ketones is 1. The van der Waals surface area contributed by atoms with E-state index in [0.717, 1.165) is 50.0 Å². The van der Waals surface area contributed by atoms with Crippen molar-refractivity contribution in [2.24, 2.45) is 0 Å². The molecule has 0 N–H and O–H groups in total. The number of hydrogen-bond acceptors (Lipinski definition) is 3. The summed E-state index contributed by atoms with van der Waals surface area (Å²) in [5, 5.41) is 0. The van der Waals surface area contributed by atoms with Crippen LogP contribution in [-0.4, -0.2) is 12.6 Å². The van der Waals surface area contributed by atoms with Gasteiger partial charge in [-0.15, -0.1) is 0 Å². The lowest BCUT2D eigenvalue weighted by Crippen LogP contribution is -1.98. The Morgan fingerprint density at radius 3 is 2.33 bits per heavy atom. The molecule has 0 unspecified atom stereocenters. The maximum atomic E-state index is 11.9. The van der Waals surface area contributed by atoms with Gasteiger partial charge in [-0.3, -0.25) is 4.79 Å². The summed E-state index contributed by atoms with van der Waals surface area (Å²) in [5.74, 6) is 2.13. The van der Waals surface area contributed by atoms with Gasteiger partial charge in [-0.25, -0.2) is 0 Å². The van der Waals surface area contributed by atoms with Gasteiger partial charge >= 0.3 is 0 Å². The number of rotatable bonds is 13. The SMILES string of the molecule is CCCCCCCCCC(=O)CCCCc1ccc2c(c1)OCO2. The standard InChI is InChI=1S/C21H32O3/c1-2-3-4-5-6-7-8-12-19(22)13-10-9-11-18-14-15-20-21(16-18)24-17-23-20/h14-16H,2-13,17H2,1H3. The van der Waals surface area contributed by atoms with E-state index in [0.29, 0.717) is 12.6 Å². The molecule has 3 heteroatoms. The van der Waals surface area contributed by atoms with Crippen molar-refractivity contribution in [2.75, 3.05) is 6.79 Å². The Hall–Kier alpha value is -1.51. The van der Waals surface area contributed by atoms with Gasteiger partial charge < -0.3 is 9.47 Å². The van der Waals surface area contributed by atoms with Crippen molar-refractivity contribution in [2.45, 2.75) is 84.0 Å². The van der Waals surface area contributed by atoms with Gasteiger partial charge in [0.2, 0.25) is 6.79 Å². The predicted octanol–water partition coefficient (Wildman–Crippen LogP) is 5.84. The number of Topliss-reactive ketones (excluding diaryl/α,β-unsaturated/α-hetero) is 1. The highest BCUT2D eigenvalue weighted by molar-refractivity contribution is 5.78. The molecular formula is C21H32O3. The topological polar surface area (TPSA) is 35.5 Å². The summed E-state index contributed by atoms with van der Waals surface area (Å²) in [4.78, 5) is 11.9. The Balaban J connectivity index is 1.47. The highest BCUT2D eigenvalue weighted by atomic mass is 16.7. The minimum absolute atomic E-state index is 0.325. The van der Waals surface area contributed by atoms with Gasteiger partial charge in [0.05, 0.1) is 0 Å². The number of ether oxygens (including phenoxy) is 2. The maximum Gasteiger partial charge on any atom is 0.231 e. The van der Waals surface area contributed by atoms with Crippen LogP contribution in [0.3, 0.4) is 0 Å².